The van der Waals surface area contributed by atoms with Gasteiger partial charge in [0.2, 0.25) is 6.79 Å². The predicted octanol–water partition coefficient (Wildman–Crippen LogP) is 4.87. The van der Waals surface area contributed by atoms with Gasteiger partial charge in [0, 0.05) is 6.07 Å². The topological polar surface area (TPSA) is 40.2 Å². The molecule has 2 heterocycles. The summed E-state index contributed by atoms with van der Waals surface area (Å²) in [7, 11) is 0. The van der Waals surface area contributed by atoms with Crippen molar-refractivity contribution in [1.29, 1.82) is 0 Å². The first-order chi connectivity index (χ1) is 11.6. The predicted molar refractivity (Wildman–Crippen MR) is 93.9 cm³/mol. The van der Waals surface area contributed by atoms with Gasteiger partial charge in [0.05, 0.1) is 11.7 Å². The first-order valence-electron chi connectivity index (χ1n) is 8.96. The summed E-state index contributed by atoms with van der Waals surface area (Å²) in [5.74, 6) is 2.34. The van der Waals surface area contributed by atoms with Crippen LogP contribution in [0.3, 0.4) is 0 Å². The molecule has 0 radical (unpaired) electrons. The number of hydrogen-bond acceptors (Lipinski definition) is 4. The maximum absolute atomic E-state index is 5.89. The fraction of sp³-hybridized carbons (Fsp3) is 0.600. The van der Waals surface area contributed by atoms with Crippen LogP contribution in [0.4, 0.5) is 0 Å². The Bertz CT molecular complexity index is 595. The molecule has 1 aromatic carbocycles. The summed E-state index contributed by atoms with van der Waals surface area (Å²) in [6.07, 6.45) is 8.43. The van der Waals surface area contributed by atoms with Gasteiger partial charge in [-0.15, -0.1) is 0 Å². The first kappa shape index (κ1) is 17.2. The van der Waals surface area contributed by atoms with Crippen molar-refractivity contribution in [3.63, 3.8) is 0 Å². The van der Waals surface area contributed by atoms with Crippen molar-refractivity contribution in [2.75, 3.05) is 13.4 Å². The molecule has 0 bridgehead atoms. The number of unbranched alkanes of at least 4 members (excludes halogenated alkanes) is 1. The van der Waals surface area contributed by atoms with Gasteiger partial charge in [-0.25, -0.2) is 0 Å². The van der Waals surface area contributed by atoms with Crippen molar-refractivity contribution < 1.29 is 18.9 Å². The molecule has 2 atom stereocenters. The van der Waals surface area contributed by atoms with E-state index in [0.29, 0.717) is 12.7 Å². The maximum atomic E-state index is 5.89. The minimum atomic E-state index is 0.138. The molecule has 0 aromatic heterocycles. The van der Waals surface area contributed by atoms with Crippen LogP contribution in [0.2, 0.25) is 0 Å². The van der Waals surface area contributed by atoms with Crippen LogP contribution in [0.1, 0.15) is 52.9 Å². The highest BCUT2D eigenvalue weighted by Gasteiger charge is 2.50. The van der Waals surface area contributed by atoms with Gasteiger partial charge in [-0.05, 0) is 51.3 Å². The van der Waals surface area contributed by atoms with E-state index < -0.39 is 0 Å². The first-order valence-corrected chi connectivity index (χ1v) is 8.96. The number of hydrogen-bond donors (Lipinski definition) is 0. The monoisotopic (exact) mass is 332 g/mol. The van der Waals surface area contributed by atoms with E-state index in [4.69, 9.17) is 18.9 Å². The molecule has 1 saturated heterocycles. The fourth-order valence-electron chi connectivity index (χ4n) is 3.11. The van der Waals surface area contributed by atoms with Gasteiger partial charge in [0.1, 0.15) is 12.4 Å². The quantitative estimate of drug-likeness (QED) is 0.478. The minimum Gasteiger partial charge on any atom is -0.489 e. The van der Waals surface area contributed by atoms with Crippen molar-refractivity contribution in [3.8, 4) is 17.2 Å². The van der Waals surface area contributed by atoms with Crippen molar-refractivity contribution in [1.82, 2.24) is 0 Å². The maximum Gasteiger partial charge on any atom is 0.231 e. The smallest absolute Gasteiger partial charge is 0.231 e. The molecular formula is C20H28O4. The summed E-state index contributed by atoms with van der Waals surface area (Å²) in [6.45, 7) is 7.50. The molecule has 1 aromatic rings. The van der Waals surface area contributed by atoms with Crippen LogP contribution in [0, 0.1) is 0 Å². The molecule has 132 valence electrons. The number of fused-ring (bicyclic) bond motifs is 1. The molecule has 0 N–H and O–H groups in total. The largest absolute Gasteiger partial charge is 0.489 e. The lowest BCUT2D eigenvalue weighted by atomic mass is 9.96. The molecule has 0 saturated carbocycles. The minimum absolute atomic E-state index is 0.138. The molecule has 24 heavy (non-hydrogen) atoms. The van der Waals surface area contributed by atoms with Gasteiger partial charge in [-0.2, -0.15) is 0 Å². The fourth-order valence-corrected chi connectivity index (χ4v) is 3.11. The molecule has 1 fully saturated rings. The highest BCUT2D eigenvalue weighted by molar-refractivity contribution is 5.46. The Morgan fingerprint density at radius 2 is 2.17 bits per heavy atom. The zero-order chi connectivity index (χ0) is 17.0. The van der Waals surface area contributed by atoms with E-state index in [9.17, 15) is 0 Å². The summed E-state index contributed by atoms with van der Waals surface area (Å²) >= 11 is 0. The molecule has 4 nitrogen and oxygen atoms in total. The third-order valence-electron chi connectivity index (χ3n) is 4.89. The van der Waals surface area contributed by atoms with Crippen molar-refractivity contribution >= 4 is 0 Å². The standard InChI is InChI=1S/C20H28O4/c1-4-5-11-20(3)19(24-20)9-6-15(2)10-12-21-16-7-8-17-18(13-16)23-14-22-17/h7-8,10,13,19H,4-6,9,11-12,14H2,1-3H3/b15-10+. The van der Waals surface area contributed by atoms with Crippen LogP contribution in [0.5, 0.6) is 17.2 Å². The van der Waals surface area contributed by atoms with E-state index in [1.807, 2.05) is 18.2 Å². The molecule has 2 aliphatic rings. The summed E-state index contributed by atoms with van der Waals surface area (Å²) in [6, 6.07) is 5.67. The molecule has 2 unspecified atom stereocenters. The average molecular weight is 332 g/mol. The summed E-state index contributed by atoms with van der Waals surface area (Å²) in [5, 5.41) is 0. The number of epoxide rings is 1. The summed E-state index contributed by atoms with van der Waals surface area (Å²) in [5.41, 5.74) is 1.49. The van der Waals surface area contributed by atoms with Crippen LogP contribution in [0.15, 0.2) is 29.8 Å². The van der Waals surface area contributed by atoms with E-state index in [2.05, 4.69) is 26.8 Å². The molecule has 2 aliphatic heterocycles. The van der Waals surface area contributed by atoms with E-state index >= 15 is 0 Å². The Hall–Kier alpha value is -1.68. The molecule has 0 amide bonds. The highest BCUT2D eigenvalue weighted by Crippen LogP contribution is 2.43. The molecule has 3 rings (SSSR count). The van der Waals surface area contributed by atoms with Crippen LogP contribution in [-0.2, 0) is 4.74 Å². The number of benzene rings is 1. The SMILES string of the molecule is CCCCC1(C)OC1CC/C(C)=C/COc1ccc2c(c1)OCO2. The van der Waals surface area contributed by atoms with Gasteiger partial charge in [0.25, 0.3) is 0 Å². The van der Waals surface area contributed by atoms with Crippen molar-refractivity contribution in [3.05, 3.63) is 29.8 Å². The van der Waals surface area contributed by atoms with Crippen molar-refractivity contribution in [2.45, 2.75) is 64.6 Å². The van der Waals surface area contributed by atoms with Crippen LogP contribution in [0.25, 0.3) is 0 Å². The average Bonchev–Trinajstić information content (AvgIpc) is 3.00. The van der Waals surface area contributed by atoms with E-state index in [1.165, 1.54) is 24.8 Å². The Kier molecular flexibility index (Phi) is 5.34. The Labute approximate surface area is 144 Å². The van der Waals surface area contributed by atoms with E-state index in [-0.39, 0.29) is 12.4 Å². The van der Waals surface area contributed by atoms with Gasteiger partial charge in [-0.1, -0.05) is 25.3 Å². The lowest BCUT2D eigenvalue weighted by Crippen LogP contribution is -2.09. The zero-order valence-corrected chi connectivity index (χ0v) is 15.0. The third kappa shape index (κ3) is 4.23. The van der Waals surface area contributed by atoms with E-state index in [0.717, 1.165) is 30.1 Å². The lowest BCUT2D eigenvalue weighted by molar-refractivity contribution is 0.174. The summed E-state index contributed by atoms with van der Waals surface area (Å²) in [4.78, 5) is 0. The summed E-state index contributed by atoms with van der Waals surface area (Å²) < 4.78 is 22.3. The van der Waals surface area contributed by atoms with Gasteiger partial charge in [-0.3, -0.25) is 0 Å². The van der Waals surface area contributed by atoms with Crippen LogP contribution in [-0.4, -0.2) is 25.1 Å². The van der Waals surface area contributed by atoms with E-state index in [1.54, 1.807) is 0 Å². The molecular weight excluding hydrogens is 304 g/mol. The Morgan fingerprint density at radius 3 is 3.00 bits per heavy atom. The normalized spacial score (nSPS) is 25.0. The third-order valence-corrected chi connectivity index (χ3v) is 4.89. The molecule has 0 aliphatic carbocycles. The van der Waals surface area contributed by atoms with Crippen LogP contribution >= 0.6 is 0 Å². The Morgan fingerprint density at radius 1 is 1.33 bits per heavy atom. The van der Waals surface area contributed by atoms with Gasteiger partial charge in [0.15, 0.2) is 11.5 Å². The second kappa shape index (κ2) is 7.47. The number of allylic oxidation sites excluding steroid dienone is 1. The second-order valence-electron chi connectivity index (χ2n) is 6.94. The number of ether oxygens (including phenoxy) is 4. The van der Waals surface area contributed by atoms with Crippen molar-refractivity contribution in [2.24, 2.45) is 0 Å². The van der Waals surface area contributed by atoms with Crippen LogP contribution < -0.4 is 14.2 Å². The highest BCUT2D eigenvalue weighted by atomic mass is 16.7. The molecule has 0 spiro atoms. The number of rotatable bonds is 9. The van der Waals surface area contributed by atoms with Gasteiger partial charge < -0.3 is 18.9 Å². The molecule has 4 heteroatoms. The zero-order valence-electron chi connectivity index (χ0n) is 15.0. The lowest BCUT2D eigenvalue weighted by Gasteiger charge is -2.06. The van der Waals surface area contributed by atoms with Gasteiger partial charge >= 0.3 is 0 Å². The second-order valence-corrected chi connectivity index (χ2v) is 6.94. The Balaban J connectivity index is 1.38.